The summed E-state index contributed by atoms with van der Waals surface area (Å²) in [6.07, 6.45) is 3.21. The van der Waals surface area contributed by atoms with Gasteiger partial charge in [-0.15, -0.1) is 0 Å². The average molecular weight is 333 g/mol. The maximum atomic E-state index is 13.5. The Kier molecular flexibility index (Phi) is 4.69. The molecule has 1 amide bonds. The van der Waals surface area contributed by atoms with E-state index in [4.69, 9.17) is 0 Å². The monoisotopic (exact) mass is 333 g/mol. The molecule has 2 N–H and O–H groups in total. The van der Waals surface area contributed by atoms with Crippen LogP contribution < -0.4 is 10.9 Å². The van der Waals surface area contributed by atoms with Gasteiger partial charge in [0.05, 0.1) is 12.0 Å². The molecule has 0 spiro atoms. The van der Waals surface area contributed by atoms with E-state index in [1.807, 2.05) is 0 Å². The molecule has 5 nitrogen and oxygen atoms in total. The molecule has 126 valence electrons. The zero-order valence-corrected chi connectivity index (χ0v) is 12.9. The number of hydrogen-bond donors (Lipinski definition) is 2. The first-order valence-electron chi connectivity index (χ1n) is 7.79. The highest BCUT2D eigenvalue weighted by Crippen LogP contribution is 2.35. The van der Waals surface area contributed by atoms with E-state index in [2.05, 4.69) is 15.3 Å². The Morgan fingerprint density at radius 3 is 2.79 bits per heavy atom. The summed E-state index contributed by atoms with van der Waals surface area (Å²) in [6, 6.07) is 4.87. The van der Waals surface area contributed by atoms with Crippen LogP contribution in [0.4, 0.5) is 8.78 Å². The fraction of sp³-hybridized carbons (Fsp3) is 0.353. The third kappa shape index (κ3) is 3.84. The van der Waals surface area contributed by atoms with Crippen LogP contribution in [0.1, 0.15) is 36.4 Å². The van der Waals surface area contributed by atoms with E-state index in [-0.39, 0.29) is 36.3 Å². The Morgan fingerprint density at radius 2 is 2.08 bits per heavy atom. The fourth-order valence-electron chi connectivity index (χ4n) is 2.86. The second-order valence-electron chi connectivity index (χ2n) is 6.00. The number of nitrogens with zero attached hydrogens (tertiary/aromatic N) is 1. The minimum Gasteiger partial charge on any atom is -0.353 e. The average Bonchev–Trinajstić information content (AvgIpc) is 2.49. The van der Waals surface area contributed by atoms with E-state index in [9.17, 15) is 18.4 Å². The number of nitrogens with one attached hydrogen (secondary N) is 2. The van der Waals surface area contributed by atoms with Crippen molar-refractivity contribution in [3.63, 3.8) is 0 Å². The summed E-state index contributed by atoms with van der Waals surface area (Å²) in [4.78, 5) is 29.8. The number of aromatic nitrogens is 2. The summed E-state index contributed by atoms with van der Waals surface area (Å²) in [5.41, 5.74) is 0.872. The van der Waals surface area contributed by atoms with Gasteiger partial charge in [0.25, 0.3) is 5.56 Å². The molecule has 0 saturated heterocycles. The number of benzene rings is 1. The van der Waals surface area contributed by atoms with Crippen LogP contribution in [-0.2, 0) is 11.2 Å². The van der Waals surface area contributed by atoms with Crippen LogP contribution in [-0.4, -0.2) is 21.9 Å². The van der Waals surface area contributed by atoms with Crippen molar-refractivity contribution in [3.05, 3.63) is 63.8 Å². The van der Waals surface area contributed by atoms with Crippen LogP contribution >= 0.6 is 0 Å². The highest BCUT2D eigenvalue weighted by Gasteiger charge is 2.32. The van der Waals surface area contributed by atoms with Crippen molar-refractivity contribution in [2.45, 2.75) is 37.6 Å². The van der Waals surface area contributed by atoms with Crippen molar-refractivity contribution in [1.82, 2.24) is 15.3 Å². The number of H-pyrrole nitrogens is 1. The molecule has 24 heavy (non-hydrogen) atoms. The second kappa shape index (κ2) is 6.90. The summed E-state index contributed by atoms with van der Waals surface area (Å²) in [7, 11) is 0. The van der Waals surface area contributed by atoms with Gasteiger partial charge in [0.1, 0.15) is 11.6 Å². The molecular weight excluding hydrogens is 316 g/mol. The lowest BCUT2D eigenvalue weighted by atomic mass is 9.78. The molecule has 0 bridgehead atoms. The van der Waals surface area contributed by atoms with Crippen LogP contribution in [0.2, 0.25) is 0 Å². The fourth-order valence-corrected chi connectivity index (χ4v) is 2.86. The van der Waals surface area contributed by atoms with E-state index < -0.39 is 11.6 Å². The van der Waals surface area contributed by atoms with E-state index in [0.717, 1.165) is 24.6 Å². The predicted octanol–water partition coefficient (Wildman–Crippen LogP) is 2.04. The highest BCUT2D eigenvalue weighted by atomic mass is 19.1. The standard InChI is InChI=1S/C17H17F2N3O2/c18-12-3-1-10(14(19)7-12)2-4-16(23)22-13-5-11(6-13)15-8-17(24)21-9-20-15/h1,3,7-9,11,13H,2,4-6H2,(H,22,23)(H,20,21,24). The molecule has 1 saturated carbocycles. The van der Waals surface area contributed by atoms with Gasteiger partial charge >= 0.3 is 0 Å². The molecule has 0 atom stereocenters. The van der Waals surface area contributed by atoms with Crippen LogP contribution in [0.15, 0.2) is 35.4 Å². The lowest BCUT2D eigenvalue weighted by molar-refractivity contribution is -0.122. The summed E-state index contributed by atoms with van der Waals surface area (Å²) in [6.45, 7) is 0. The minimum absolute atomic E-state index is 0.0432. The first-order chi connectivity index (χ1) is 11.5. The van der Waals surface area contributed by atoms with Crippen molar-refractivity contribution in [1.29, 1.82) is 0 Å². The van der Waals surface area contributed by atoms with Crippen LogP contribution in [0.25, 0.3) is 0 Å². The van der Waals surface area contributed by atoms with E-state index in [0.29, 0.717) is 5.56 Å². The highest BCUT2D eigenvalue weighted by molar-refractivity contribution is 5.76. The number of hydrogen-bond acceptors (Lipinski definition) is 3. The van der Waals surface area contributed by atoms with Crippen molar-refractivity contribution < 1.29 is 13.6 Å². The zero-order chi connectivity index (χ0) is 17.1. The van der Waals surface area contributed by atoms with Gasteiger partial charge in [0.15, 0.2) is 0 Å². The van der Waals surface area contributed by atoms with Crippen LogP contribution in [0, 0.1) is 11.6 Å². The Hall–Kier alpha value is -2.57. The first-order valence-corrected chi connectivity index (χ1v) is 7.79. The van der Waals surface area contributed by atoms with Gasteiger partial charge < -0.3 is 10.3 Å². The molecule has 1 heterocycles. The van der Waals surface area contributed by atoms with Crippen molar-refractivity contribution >= 4 is 5.91 Å². The summed E-state index contributed by atoms with van der Waals surface area (Å²) in [5, 5.41) is 2.88. The van der Waals surface area contributed by atoms with Crippen LogP contribution in [0.5, 0.6) is 0 Å². The molecule has 1 fully saturated rings. The molecular formula is C17H17F2N3O2. The molecule has 2 aromatic rings. The molecule has 0 aliphatic heterocycles. The summed E-state index contributed by atoms with van der Waals surface area (Å²) in [5.74, 6) is -1.25. The second-order valence-corrected chi connectivity index (χ2v) is 6.00. The SMILES string of the molecule is O=C(CCc1ccc(F)cc1F)NC1CC(c2cc(=O)[nH]cn2)C1. The van der Waals surface area contributed by atoms with Gasteiger partial charge in [-0.2, -0.15) is 0 Å². The number of rotatable bonds is 5. The normalized spacial score (nSPS) is 19.6. The van der Waals surface area contributed by atoms with Crippen LogP contribution in [0.3, 0.4) is 0 Å². The minimum atomic E-state index is -0.633. The third-order valence-electron chi connectivity index (χ3n) is 4.26. The molecule has 1 aromatic heterocycles. The van der Waals surface area contributed by atoms with Gasteiger partial charge in [-0.25, -0.2) is 13.8 Å². The topological polar surface area (TPSA) is 74.8 Å². The van der Waals surface area contributed by atoms with E-state index >= 15 is 0 Å². The number of aromatic amines is 1. The van der Waals surface area contributed by atoms with E-state index in [1.54, 1.807) is 0 Å². The first kappa shape index (κ1) is 16.3. The predicted molar refractivity (Wildman–Crippen MR) is 83.4 cm³/mol. The third-order valence-corrected chi connectivity index (χ3v) is 4.26. The number of carbonyl (C=O) groups is 1. The molecule has 0 radical (unpaired) electrons. The Bertz CT molecular complexity index is 800. The smallest absolute Gasteiger partial charge is 0.250 e. The van der Waals surface area contributed by atoms with Crippen molar-refractivity contribution in [2.24, 2.45) is 0 Å². The molecule has 1 aromatic carbocycles. The Balaban J connectivity index is 1.44. The molecule has 7 heteroatoms. The maximum absolute atomic E-state index is 13.5. The Morgan fingerprint density at radius 1 is 1.29 bits per heavy atom. The van der Waals surface area contributed by atoms with Gasteiger partial charge in [0.2, 0.25) is 5.91 Å². The maximum Gasteiger partial charge on any atom is 0.250 e. The lowest BCUT2D eigenvalue weighted by Gasteiger charge is -2.35. The van der Waals surface area contributed by atoms with Gasteiger partial charge in [-0.05, 0) is 30.9 Å². The molecule has 1 aliphatic rings. The summed E-state index contributed by atoms with van der Waals surface area (Å²) < 4.78 is 26.3. The molecule has 0 unspecified atom stereocenters. The van der Waals surface area contributed by atoms with Gasteiger partial charge in [-0.1, -0.05) is 6.07 Å². The largest absolute Gasteiger partial charge is 0.353 e. The zero-order valence-electron chi connectivity index (χ0n) is 12.9. The quantitative estimate of drug-likeness (QED) is 0.879. The number of carbonyl (C=O) groups excluding carboxylic acids is 1. The lowest BCUT2D eigenvalue weighted by Crippen LogP contribution is -2.43. The number of halogens is 2. The van der Waals surface area contributed by atoms with Crippen molar-refractivity contribution in [3.8, 4) is 0 Å². The van der Waals surface area contributed by atoms with Crippen molar-refractivity contribution in [2.75, 3.05) is 0 Å². The van der Waals surface area contributed by atoms with E-state index in [1.165, 1.54) is 24.5 Å². The summed E-state index contributed by atoms with van der Waals surface area (Å²) >= 11 is 0. The van der Waals surface area contributed by atoms with Gasteiger partial charge in [0, 0.05) is 30.5 Å². The Labute approximate surface area is 137 Å². The molecule has 3 rings (SSSR count). The molecule has 1 aliphatic carbocycles. The van der Waals surface area contributed by atoms with Gasteiger partial charge in [-0.3, -0.25) is 9.59 Å². The number of aryl methyl sites for hydroxylation is 1. The number of amides is 1.